The van der Waals surface area contributed by atoms with Crippen molar-refractivity contribution < 1.29 is 13.2 Å². The number of sulfonamides is 1. The van der Waals surface area contributed by atoms with Crippen LogP contribution in [0, 0.1) is 0 Å². The van der Waals surface area contributed by atoms with Gasteiger partial charge in [-0.2, -0.15) is 0 Å². The molecule has 0 spiro atoms. The maximum absolute atomic E-state index is 12.8. The summed E-state index contributed by atoms with van der Waals surface area (Å²) in [4.78, 5) is 17.9. The van der Waals surface area contributed by atoms with Crippen LogP contribution in [0.15, 0.2) is 77.0 Å². The van der Waals surface area contributed by atoms with Gasteiger partial charge in [-0.1, -0.05) is 30.3 Å². The molecule has 9 heteroatoms. The Morgan fingerprint density at radius 2 is 1.93 bits per heavy atom. The van der Waals surface area contributed by atoms with Crippen molar-refractivity contribution in [2.45, 2.75) is 16.4 Å². The standard InChI is InChI=1S/C21H21N3O3S3/c1-2-11-23-30(26,27)14-16-7-9-17(10-8-16)24-21(25)19-5-3-4-6-20(19)29-13-18-12-28-15-22-18/h2-10,12,15,23H,1,11,13-14H2,(H,24,25). The number of benzene rings is 2. The second kappa shape index (κ2) is 10.5. The van der Waals surface area contributed by atoms with E-state index in [1.165, 1.54) is 6.08 Å². The minimum atomic E-state index is -3.42. The van der Waals surface area contributed by atoms with Gasteiger partial charge in [-0.05, 0) is 29.8 Å². The zero-order chi connectivity index (χ0) is 21.4. The first-order valence-electron chi connectivity index (χ1n) is 9.04. The first kappa shape index (κ1) is 22.2. The maximum Gasteiger partial charge on any atom is 0.256 e. The van der Waals surface area contributed by atoms with Crippen molar-refractivity contribution in [1.82, 2.24) is 9.71 Å². The molecule has 0 fully saturated rings. The summed E-state index contributed by atoms with van der Waals surface area (Å²) in [5.41, 5.74) is 4.58. The van der Waals surface area contributed by atoms with Crippen LogP contribution >= 0.6 is 23.1 Å². The van der Waals surface area contributed by atoms with Gasteiger partial charge in [0.05, 0.1) is 22.5 Å². The molecule has 6 nitrogen and oxygen atoms in total. The SMILES string of the molecule is C=CCNS(=O)(=O)Cc1ccc(NC(=O)c2ccccc2SCc2cscn2)cc1. The Hall–Kier alpha value is -2.46. The number of thioether (sulfide) groups is 1. The lowest BCUT2D eigenvalue weighted by molar-refractivity contribution is 0.102. The average Bonchev–Trinajstić information content (AvgIpc) is 3.26. The number of hydrogen-bond acceptors (Lipinski definition) is 6. The Balaban J connectivity index is 1.64. The number of hydrogen-bond donors (Lipinski definition) is 2. The lowest BCUT2D eigenvalue weighted by Gasteiger charge is -2.10. The quantitative estimate of drug-likeness (QED) is 0.349. The monoisotopic (exact) mass is 459 g/mol. The van der Waals surface area contributed by atoms with Crippen molar-refractivity contribution in [3.63, 3.8) is 0 Å². The summed E-state index contributed by atoms with van der Waals surface area (Å²) in [5.74, 6) is 0.339. The fourth-order valence-electron chi connectivity index (χ4n) is 2.58. The fourth-order valence-corrected chi connectivity index (χ4v) is 5.30. The number of amides is 1. The van der Waals surface area contributed by atoms with Gasteiger partial charge in [0.15, 0.2) is 0 Å². The smallest absolute Gasteiger partial charge is 0.256 e. The van der Waals surface area contributed by atoms with E-state index in [2.05, 4.69) is 21.6 Å². The highest BCUT2D eigenvalue weighted by Gasteiger charge is 2.13. The van der Waals surface area contributed by atoms with Crippen LogP contribution in [0.4, 0.5) is 5.69 Å². The van der Waals surface area contributed by atoms with Gasteiger partial charge in [0.2, 0.25) is 10.0 Å². The van der Waals surface area contributed by atoms with Crippen LogP contribution < -0.4 is 10.0 Å². The Labute approximate surface area is 184 Å². The van der Waals surface area contributed by atoms with Gasteiger partial charge < -0.3 is 5.32 Å². The number of rotatable bonds is 10. The van der Waals surface area contributed by atoms with E-state index in [1.54, 1.807) is 58.9 Å². The lowest BCUT2D eigenvalue weighted by Crippen LogP contribution is -2.25. The van der Waals surface area contributed by atoms with Crippen molar-refractivity contribution in [2.24, 2.45) is 0 Å². The summed E-state index contributed by atoms with van der Waals surface area (Å²) in [7, 11) is -3.42. The van der Waals surface area contributed by atoms with Crippen LogP contribution in [0.5, 0.6) is 0 Å². The molecule has 156 valence electrons. The lowest BCUT2D eigenvalue weighted by atomic mass is 10.2. The largest absolute Gasteiger partial charge is 0.322 e. The van der Waals surface area contributed by atoms with Gasteiger partial charge in [0, 0.05) is 28.3 Å². The second-order valence-electron chi connectivity index (χ2n) is 6.31. The highest BCUT2D eigenvalue weighted by Crippen LogP contribution is 2.27. The van der Waals surface area contributed by atoms with E-state index in [0.29, 0.717) is 22.6 Å². The van der Waals surface area contributed by atoms with Crippen LogP contribution in [0.25, 0.3) is 0 Å². The zero-order valence-corrected chi connectivity index (χ0v) is 18.5. The second-order valence-corrected chi connectivity index (χ2v) is 9.85. The van der Waals surface area contributed by atoms with Gasteiger partial charge in [0.25, 0.3) is 5.91 Å². The molecule has 0 unspecified atom stereocenters. The average molecular weight is 460 g/mol. The molecule has 0 aliphatic rings. The van der Waals surface area contributed by atoms with Crippen LogP contribution in [0.1, 0.15) is 21.6 Å². The van der Waals surface area contributed by atoms with Crippen molar-refractivity contribution in [3.8, 4) is 0 Å². The number of carbonyl (C=O) groups is 1. The van der Waals surface area contributed by atoms with Gasteiger partial charge in [0.1, 0.15) is 0 Å². The molecule has 1 aromatic heterocycles. The predicted molar refractivity (Wildman–Crippen MR) is 123 cm³/mol. The van der Waals surface area contributed by atoms with Crippen LogP contribution in [-0.2, 0) is 21.5 Å². The van der Waals surface area contributed by atoms with Crippen LogP contribution in [0.2, 0.25) is 0 Å². The molecule has 1 amide bonds. The molecule has 0 atom stereocenters. The third-order valence-electron chi connectivity index (χ3n) is 4.01. The minimum absolute atomic E-state index is 0.134. The van der Waals surface area contributed by atoms with E-state index in [1.807, 2.05) is 23.6 Å². The van der Waals surface area contributed by atoms with E-state index in [-0.39, 0.29) is 18.2 Å². The molecule has 3 rings (SSSR count). The number of thiazole rings is 1. The molecule has 30 heavy (non-hydrogen) atoms. The van der Waals surface area contributed by atoms with Crippen LogP contribution in [0.3, 0.4) is 0 Å². The van der Waals surface area contributed by atoms with Gasteiger partial charge in [-0.3, -0.25) is 4.79 Å². The molecule has 2 N–H and O–H groups in total. The van der Waals surface area contributed by atoms with Crippen molar-refractivity contribution in [3.05, 3.63) is 88.9 Å². The summed E-state index contributed by atoms with van der Waals surface area (Å²) in [6.45, 7) is 3.69. The van der Waals surface area contributed by atoms with Crippen molar-refractivity contribution in [2.75, 3.05) is 11.9 Å². The Morgan fingerprint density at radius 3 is 2.63 bits per heavy atom. The highest BCUT2D eigenvalue weighted by molar-refractivity contribution is 7.98. The summed E-state index contributed by atoms with van der Waals surface area (Å²) >= 11 is 3.11. The molecule has 0 aliphatic carbocycles. The predicted octanol–water partition coefficient (Wildman–Crippen LogP) is 4.29. The Kier molecular flexibility index (Phi) is 7.81. The van der Waals surface area contributed by atoms with Crippen LogP contribution in [-0.4, -0.2) is 25.9 Å². The molecule has 0 saturated heterocycles. The summed E-state index contributed by atoms with van der Waals surface area (Å²) in [6, 6.07) is 14.2. The highest BCUT2D eigenvalue weighted by atomic mass is 32.2. The van der Waals surface area contributed by atoms with Crippen molar-refractivity contribution in [1.29, 1.82) is 0 Å². The third-order valence-corrected chi connectivity index (χ3v) is 7.07. The fraction of sp³-hybridized carbons (Fsp3) is 0.143. The normalized spacial score (nSPS) is 11.2. The molecular formula is C21H21N3O3S3. The maximum atomic E-state index is 12.8. The summed E-state index contributed by atoms with van der Waals surface area (Å²) in [6.07, 6.45) is 1.49. The Bertz CT molecular complexity index is 1100. The molecule has 1 heterocycles. The summed E-state index contributed by atoms with van der Waals surface area (Å²) in [5, 5.41) is 4.86. The van der Waals surface area contributed by atoms with Gasteiger partial charge >= 0.3 is 0 Å². The van der Waals surface area contributed by atoms with Crippen molar-refractivity contribution >= 4 is 44.7 Å². The molecule has 2 aromatic carbocycles. The number of anilines is 1. The van der Waals surface area contributed by atoms with E-state index >= 15 is 0 Å². The van der Waals surface area contributed by atoms with E-state index < -0.39 is 10.0 Å². The topological polar surface area (TPSA) is 88.2 Å². The number of carbonyl (C=O) groups excluding carboxylic acids is 1. The first-order chi connectivity index (χ1) is 14.5. The molecule has 0 aliphatic heterocycles. The number of nitrogens with one attached hydrogen (secondary N) is 2. The number of nitrogens with zero attached hydrogens (tertiary/aromatic N) is 1. The Morgan fingerprint density at radius 1 is 1.17 bits per heavy atom. The van der Waals surface area contributed by atoms with Gasteiger partial charge in [-0.25, -0.2) is 18.1 Å². The molecule has 3 aromatic rings. The third kappa shape index (κ3) is 6.53. The van der Waals surface area contributed by atoms with E-state index in [4.69, 9.17) is 0 Å². The van der Waals surface area contributed by atoms with E-state index in [9.17, 15) is 13.2 Å². The van der Waals surface area contributed by atoms with Gasteiger partial charge in [-0.15, -0.1) is 29.7 Å². The zero-order valence-electron chi connectivity index (χ0n) is 16.1. The minimum Gasteiger partial charge on any atom is -0.322 e. The summed E-state index contributed by atoms with van der Waals surface area (Å²) < 4.78 is 26.3. The molecule has 0 radical (unpaired) electrons. The molecule has 0 bridgehead atoms. The van der Waals surface area contributed by atoms with E-state index in [0.717, 1.165) is 10.6 Å². The first-order valence-corrected chi connectivity index (χ1v) is 12.6. The molecular weight excluding hydrogens is 438 g/mol. The number of aromatic nitrogens is 1. The molecule has 0 saturated carbocycles.